The van der Waals surface area contributed by atoms with Crippen LogP contribution in [0.1, 0.15) is 12.8 Å². The third-order valence-electron chi connectivity index (χ3n) is 3.83. The number of para-hydroxylation sites is 1. The molecule has 2 aromatic carbocycles. The molecule has 1 atom stereocenters. The van der Waals surface area contributed by atoms with E-state index in [0.717, 1.165) is 29.2 Å². The highest BCUT2D eigenvalue weighted by Gasteiger charge is 2.20. The molecule has 6 heteroatoms. The predicted octanol–water partition coefficient (Wildman–Crippen LogP) is 3.07. The van der Waals surface area contributed by atoms with Crippen LogP contribution < -0.4 is 10.6 Å². The van der Waals surface area contributed by atoms with Crippen LogP contribution in [-0.4, -0.2) is 31.1 Å². The molecule has 1 saturated heterocycles. The third-order valence-corrected chi connectivity index (χ3v) is 4.91. The Bertz CT molecular complexity index is 730. The van der Waals surface area contributed by atoms with Crippen LogP contribution >= 0.6 is 11.8 Å². The van der Waals surface area contributed by atoms with Crippen molar-refractivity contribution in [2.75, 3.05) is 18.5 Å². The summed E-state index contributed by atoms with van der Waals surface area (Å²) >= 11 is 1.54. The first-order valence-corrected chi connectivity index (χ1v) is 9.07. The van der Waals surface area contributed by atoms with E-state index in [4.69, 9.17) is 4.74 Å². The van der Waals surface area contributed by atoms with Gasteiger partial charge < -0.3 is 15.4 Å². The van der Waals surface area contributed by atoms with Gasteiger partial charge in [-0.25, -0.2) is 0 Å². The molecule has 1 unspecified atom stereocenters. The second kappa shape index (κ2) is 8.69. The molecule has 0 spiro atoms. The number of amides is 2. The first-order chi connectivity index (χ1) is 12.2. The number of carbonyl (C=O) groups is 2. The minimum atomic E-state index is -0.667. The normalized spacial score (nSPS) is 16.4. The van der Waals surface area contributed by atoms with E-state index in [9.17, 15) is 9.59 Å². The molecule has 3 rings (SSSR count). The fourth-order valence-corrected chi connectivity index (χ4v) is 3.47. The van der Waals surface area contributed by atoms with Crippen molar-refractivity contribution in [3.8, 4) is 0 Å². The summed E-state index contributed by atoms with van der Waals surface area (Å²) in [6.07, 6.45) is 1.92. The number of hydrogen-bond acceptors (Lipinski definition) is 4. The molecule has 1 fully saturated rings. The molecule has 1 aliphatic heterocycles. The molecule has 0 saturated carbocycles. The van der Waals surface area contributed by atoms with Crippen molar-refractivity contribution < 1.29 is 14.3 Å². The molecule has 0 aromatic heterocycles. The highest BCUT2D eigenvalue weighted by atomic mass is 32.2. The van der Waals surface area contributed by atoms with Crippen molar-refractivity contribution in [1.82, 2.24) is 5.32 Å². The Morgan fingerprint density at radius 3 is 2.56 bits per heavy atom. The lowest BCUT2D eigenvalue weighted by molar-refractivity contribution is -0.136. The Morgan fingerprint density at radius 1 is 1.04 bits per heavy atom. The van der Waals surface area contributed by atoms with E-state index >= 15 is 0 Å². The maximum absolute atomic E-state index is 12.1. The number of hydrogen-bond donors (Lipinski definition) is 2. The fraction of sp³-hybridized carbons (Fsp3) is 0.263. The van der Waals surface area contributed by atoms with E-state index in [2.05, 4.69) is 10.6 Å². The summed E-state index contributed by atoms with van der Waals surface area (Å²) in [5, 5.41) is 5.32. The molecule has 2 amide bonds. The molecule has 1 aliphatic rings. The maximum Gasteiger partial charge on any atom is 0.313 e. The van der Waals surface area contributed by atoms with Crippen LogP contribution in [0.2, 0.25) is 0 Å². The van der Waals surface area contributed by atoms with Crippen LogP contribution in [-0.2, 0) is 14.3 Å². The Kier molecular flexibility index (Phi) is 6.09. The summed E-state index contributed by atoms with van der Waals surface area (Å²) in [4.78, 5) is 26.1. The van der Waals surface area contributed by atoms with Gasteiger partial charge in [0.2, 0.25) is 0 Å². The van der Waals surface area contributed by atoms with Gasteiger partial charge in [-0.2, -0.15) is 0 Å². The predicted molar refractivity (Wildman–Crippen MR) is 97.6 cm³/mol. The molecule has 130 valence electrons. The number of ether oxygens (including phenoxy) is 1. The fourth-order valence-electron chi connectivity index (χ4n) is 2.55. The molecule has 0 bridgehead atoms. The third kappa shape index (κ3) is 5.08. The molecule has 2 N–H and O–H groups in total. The average molecular weight is 356 g/mol. The van der Waals surface area contributed by atoms with Crippen LogP contribution in [0.4, 0.5) is 5.69 Å². The minimum absolute atomic E-state index is 0.0117. The van der Waals surface area contributed by atoms with Gasteiger partial charge in [0.05, 0.1) is 11.8 Å². The summed E-state index contributed by atoms with van der Waals surface area (Å²) in [5.41, 5.74) is 0.619. The molecular formula is C19H20N2O3S. The smallest absolute Gasteiger partial charge is 0.313 e. The molecular weight excluding hydrogens is 336 g/mol. The van der Waals surface area contributed by atoms with Gasteiger partial charge in [-0.1, -0.05) is 42.1 Å². The van der Waals surface area contributed by atoms with Gasteiger partial charge in [-0.15, -0.1) is 0 Å². The van der Waals surface area contributed by atoms with Crippen LogP contribution in [0.25, 0.3) is 0 Å². The number of rotatable bonds is 5. The van der Waals surface area contributed by atoms with Crippen molar-refractivity contribution in [3.05, 3.63) is 54.6 Å². The van der Waals surface area contributed by atoms with Gasteiger partial charge >= 0.3 is 11.8 Å². The lowest BCUT2D eigenvalue weighted by Crippen LogP contribution is -2.39. The molecule has 0 radical (unpaired) electrons. The van der Waals surface area contributed by atoms with Crippen LogP contribution in [0.15, 0.2) is 64.4 Å². The van der Waals surface area contributed by atoms with Gasteiger partial charge in [-0.05, 0) is 37.1 Å². The number of nitrogens with one attached hydrogen (secondary N) is 2. The van der Waals surface area contributed by atoms with Crippen LogP contribution in [0.5, 0.6) is 0 Å². The first-order valence-electron chi connectivity index (χ1n) is 8.25. The monoisotopic (exact) mass is 356 g/mol. The van der Waals surface area contributed by atoms with Crippen molar-refractivity contribution in [3.63, 3.8) is 0 Å². The van der Waals surface area contributed by atoms with Gasteiger partial charge in [0.15, 0.2) is 0 Å². The Morgan fingerprint density at radius 2 is 1.80 bits per heavy atom. The van der Waals surface area contributed by atoms with Crippen LogP contribution in [0.3, 0.4) is 0 Å². The summed E-state index contributed by atoms with van der Waals surface area (Å²) in [7, 11) is 0. The zero-order valence-electron chi connectivity index (χ0n) is 13.7. The van der Waals surface area contributed by atoms with Crippen molar-refractivity contribution in [2.24, 2.45) is 0 Å². The Hall–Kier alpha value is -2.31. The molecule has 2 aromatic rings. The molecule has 0 aliphatic carbocycles. The van der Waals surface area contributed by atoms with Crippen molar-refractivity contribution in [1.29, 1.82) is 0 Å². The molecule has 5 nitrogen and oxygen atoms in total. The largest absolute Gasteiger partial charge is 0.376 e. The number of carbonyl (C=O) groups excluding carboxylic acids is 2. The summed E-state index contributed by atoms with van der Waals surface area (Å²) in [6.45, 7) is 1.09. The van der Waals surface area contributed by atoms with E-state index in [0.29, 0.717) is 12.2 Å². The second-order valence-corrected chi connectivity index (χ2v) is 6.83. The zero-order valence-corrected chi connectivity index (χ0v) is 14.6. The van der Waals surface area contributed by atoms with Gasteiger partial charge in [-0.3, -0.25) is 9.59 Å². The highest BCUT2D eigenvalue weighted by Crippen LogP contribution is 2.33. The zero-order chi connectivity index (χ0) is 17.5. The first kappa shape index (κ1) is 17.5. The van der Waals surface area contributed by atoms with Gasteiger partial charge in [0, 0.05) is 22.9 Å². The Labute approximate surface area is 151 Å². The standard InChI is InChI=1S/C19H20N2O3S/c22-18(20-13-14-7-6-12-24-14)19(23)21-16-10-4-5-11-17(16)25-15-8-2-1-3-9-15/h1-5,8-11,14H,6-7,12-13H2,(H,20,22)(H,21,23). The van der Waals surface area contributed by atoms with E-state index in [1.807, 2.05) is 48.5 Å². The second-order valence-electron chi connectivity index (χ2n) is 5.71. The highest BCUT2D eigenvalue weighted by molar-refractivity contribution is 7.99. The number of benzene rings is 2. The lowest BCUT2D eigenvalue weighted by Gasteiger charge is -2.12. The summed E-state index contributed by atoms with van der Waals surface area (Å²) in [6, 6.07) is 17.3. The lowest BCUT2D eigenvalue weighted by atomic mass is 10.2. The van der Waals surface area contributed by atoms with E-state index in [1.54, 1.807) is 6.07 Å². The maximum atomic E-state index is 12.1. The average Bonchev–Trinajstić information content (AvgIpc) is 3.16. The Balaban J connectivity index is 1.59. The summed E-state index contributed by atoms with van der Waals surface area (Å²) < 4.78 is 5.44. The van der Waals surface area contributed by atoms with E-state index in [1.165, 1.54) is 11.8 Å². The quantitative estimate of drug-likeness (QED) is 0.808. The van der Waals surface area contributed by atoms with Crippen molar-refractivity contribution in [2.45, 2.75) is 28.7 Å². The van der Waals surface area contributed by atoms with E-state index < -0.39 is 11.8 Å². The minimum Gasteiger partial charge on any atom is -0.376 e. The topological polar surface area (TPSA) is 67.4 Å². The van der Waals surface area contributed by atoms with Gasteiger partial charge in [0.1, 0.15) is 0 Å². The van der Waals surface area contributed by atoms with E-state index in [-0.39, 0.29) is 6.10 Å². The van der Waals surface area contributed by atoms with Gasteiger partial charge in [0.25, 0.3) is 0 Å². The SMILES string of the molecule is O=C(NCC1CCCO1)C(=O)Nc1ccccc1Sc1ccccc1. The van der Waals surface area contributed by atoms with Crippen LogP contribution in [0, 0.1) is 0 Å². The number of anilines is 1. The molecule has 25 heavy (non-hydrogen) atoms. The van der Waals surface area contributed by atoms with Crippen molar-refractivity contribution >= 4 is 29.3 Å². The molecule has 1 heterocycles. The summed E-state index contributed by atoms with van der Waals surface area (Å²) in [5.74, 6) is -1.31.